The lowest BCUT2D eigenvalue weighted by atomic mass is 10.1. The molecule has 0 saturated carbocycles. The minimum atomic E-state index is -0.207. The van der Waals surface area contributed by atoms with Gasteiger partial charge < -0.3 is 18.6 Å². The van der Waals surface area contributed by atoms with E-state index in [0.717, 1.165) is 44.5 Å². The van der Waals surface area contributed by atoms with Crippen LogP contribution in [0, 0.1) is 5.92 Å². The number of esters is 1. The van der Waals surface area contributed by atoms with E-state index >= 15 is 0 Å². The Labute approximate surface area is 176 Å². The molecule has 0 spiro atoms. The quantitative estimate of drug-likeness (QED) is 0.233. The topological polar surface area (TPSA) is 70.8 Å². The molecule has 0 aliphatic rings. The van der Waals surface area contributed by atoms with Gasteiger partial charge in [-0.1, -0.05) is 22.9 Å². The summed E-state index contributed by atoms with van der Waals surface area (Å²) in [5.41, 5.74) is 1.53. The van der Waals surface area contributed by atoms with E-state index in [4.69, 9.17) is 23.6 Å². The highest BCUT2D eigenvalue weighted by Gasteiger charge is 2.17. The van der Waals surface area contributed by atoms with Gasteiger partial charge in [0.25, 0.3) is 0 Å². The van der Waals surface area contributed by atoms with E-state index in [0.29, 0.717) is 31.0 Å². The first kappa shape index (κ1) is 21.1. The van der Waals surface area contributed by atoms with E-state index in [1.54, 1.807) is 18.4 Å². The Balaban J connectivity index is 1.75. The predicted molar refractivity (Wildman–Crippen MR) is 114 cm³/mol. The van der Waals surface area contributed by atoms with Crippen LogP contribution < -0.4 is 4.74 Å². The second-order valence-electron chi connectivity index (χ2n) is 6.55. The molecule has 0 saturated heterocycles. The maximum atomic E-state index is 11.4. The molecule has 0 aliphatic carbocycles. The van der Waals surface area contributed by atoms with Crippen LogP contribution in [0.25, 0.3) is 21.2 Å². The fraction of sp³-hybridized carbons (Fsp3) is 0.500. The number of carbonyl (C=O) groups excluding carboxylic acids is 1. The minimum absolute atomic E-state index is 0.163. The van der Waals surface area contributed by atoms with Crippen LogP contribution in [0.1, 0.15) is 30.5 Å². The van der Waals surface area contributed by atoms with E-state index in [9.17, 15) is 4.79 Å². The number of nitrogens with zero attached hydrogens (tertiary/aromatic N) is 1. The van der Waals surface area contributed by atoms with Crippen molar-refractivity contribution in [2.24, 2.45) is 5.92 Å². The van der Waals surface area contributed by atoms with Crippen LogP contribution in [0.4, 0.5) is 0 Å². The van der Waals surface area contributed by atoms with Crippen molar-refractivity contribution in [3.8, 4) is 5.75 Å². The fourth-order valence-corrected chi connectivity index (χ4v) is 4.26. The summed E-state index contributed by atoms with van der Waals surface area (Å²) in [7, 11) is 3.04. The number of ether oxygens (including phenoxy) is 3. The van der Waals surface area contributed by atoms with Crippen molar-refractivity contribution in [2.75, 3.05) is 26.2 Å². The van der Waals surface area contributed by atoms with Gasteiger partial charge in [0, 0.05) is 39.4 Å². The van der Waals surface area contributed by atoms with Crippen molar-refractivity contribution in [3.63, 3.8) is 0 Å². The van der Waals surface area contributed by atoms with Crippen LogP contribution in [0.2, 0.25) is 0 Å². The summed E-state index contributed by atoms with van der Waals surface area (Å²) in [6, 6.07) is 4.09. The molecule has 152 valence electrons. The van der Waals surface area contributed by atoms with E-state index in [-0.39, 0.29) is 11.9 Å². The maximum Gasteiger partial charge on any atom is 0.308 e. The molecule has 0 fully saturated rings. The van der Waals surface area contributed by atoms with Crippen LogP contribution in [0.15, 0.2) is 16.5 Å². The van der Waals surface area contributed by atoms with Crippen molar-refractivity contribution >= 4 is 54.4 Å². The highest BCUT2D eigenvalue weighted by Crippen LogP contribution is 2.38. The second kappa shape index (κ2) is 9.71. The Morgan fingerprint density at radius 3 is 2.89 bits per heavy atom. The van der Waals surface area contributed by atoms with E-state index < -0.39 is 0 Å². The molecule has 1 atom stereocenters. The molecule has 0 N–H and O–H groups in total. The molecular formula is C20H24BrNO5S. The van der Waals surface area contributed by atoms with Crippen LogP contribution in [0.5, 0.6) is 5.75 Å². The number of aromatic nitrogens is 1. The van der Waals surface area contributed by atoms with Crippen molar-refractivity contribution in [1.29, 1.82) is 0 Å². The first-order valence-corrected chi connectivity index (χ1v) is 11.1. The zero-order valence-electron chi connectivity index (χ0n) is 16.2. The molecule has 0 aliphatic heterocycles. The zero-order chi connectivity index (χ0) is 20.1. The van der Waals surface area contributed by atoms with Gasteiger partial charge in [-0.25, -0.2) is 4.98 Å². The van der Waals surface area contributed by atoms with Gasteiger partial charge in [0.1, 0.15) is 5.52 Å². The first-order valence-electron chi connectivity index (χ1n) is 9.17. The van der Waals surface area contributed by atoms with Gasteiger partial charge in [-0.2, -0.15) is 0 Å². The van der Waals surface area contributed by atoms with Gasteiger partial charge in [0.2, 0.25) is 0 Å². The number of carbonyl (C=O) groups is 1. The number of alkyl halides is 1. The third-order valence-corrected chi connectivity index (χ3v) is 6.13. The standard InChI is InChI=1S/C20H24BrNO5S/c1-12(20(23)25-3)6-8-26-11-13-9-14-16(28-13)10-15(24-2)19-18(14)22-17(27-19)5-4-7-21/h9-10,12H,4-8,11H2,1-3H3/t12-/m0/s1. The Bertz CT molecular complexity index is 951. The number of aryl methyl sites for hydroxylation is 1. The normalized spacial score (nSPS) is 12.6. The summed E-state index contributed by atoms with van der Waals surface area (Å²) < 4.78 is 23.0. The molecule has 3 rings (SSSR count). The summed E-state index contributed by atoms with van der Waals surface area (Å²) >= 11 is 5.09. The third-order valence-electron chi connectivity index (χ3n) is 4.51. The van der Waals surface area contributed by atoms with Crippen molar-refractivity contribution in [3.05, 3.63) is 22.9 Å². The lowest BCUT2D eigenvalue weighted by molar-refractivity contribution is -0.145. The SMILES string of the molecule is COC(=O)[C@@H](C)CCOCc1cc2c(cc(OC)c3oc(CCCBr)nc32)s1. The molecule has 0 bridgehead atoms. The number of hydrogen-bond donors (Lipinski definition) is 0. The molecule has 28 heavy (non-hydrogen) atoms. The monoisotopic (exact) mass is 469 g/mol. The highest BCUT2D eigenvalue weighted by atomic mass is 79.9. The lowest BCUT2D eigenvalue weighted by Gasteiger charge is -2.08. The summed E-state index contributed by atoms with van der Waals surface area (Å²) in [6.07, 6.45) is 2.38. The number of methoxy groups -OCH3 is 2. The van der Waals surface area contributed by atoms with Crippen molar-refractivity contribution in [1.82, 2.24) is 4.98 Å². The number of fused-ring (bicyclic) bond motifs is 3. The first-order chi connectivity index (χ1) is 13.6. The lowest BCUT2D eigenvalue weighted by Crippen LogP contribution is -2.14. The van der Waals surface area contributed by atoms with Gasteiger partial charge in [-0.05, 0) is 18.9 Å². The second-order valence-corrected chi connectivity index (χ2v) is 8.51. The molecular weight excluding hydrogens is 446 g/mol. The Kier molecular flexibility index (Phi) is 7.31. The van der Waals surface area contributed by atoms with Gasteiger partial charge in [0.15, 0.2) is 17.2 Å². The van der Waals surface area contributed by atoms with Gasteiger partial charge in [-0.15, -0.1) is 11.3 Å². The Morgan fingerprint density at radius 1 is 1.36 bits per heavy atom. The molecule has 0 radical (unpaired) electrons. The molecule has 2 heterocycles. The molecule has 3 aromatic rings. The summed E-state index contributed by atoms with van der Waals surface area (Å²) in [5, 5.41) is 1.96. The fourth-order valence-electron chi connectivity index (χ4n) is 2.95. The minimum Gasteiger partial charge on any atom is -0.493 e. The molecule has 8 heteroatoms. The molecule has 1 aromatic carbocycles. The number of rotatable bonds is 10. The van der Waals surface area contributed by atoms with Gasteiger partial charge in [0.05, 0.1) is 26.7 Å². The average molecular weight is 470 g/mol. The Morgan fingerprint density at radius 2 is 2.18 bits per heavy atom. The van der Waals surface area contributed by atoms with E-state index in [2.05, 4.69) is 22.0 Å². The van der Waals surface area contributed by atoms with Crippen molar-refractivity contribution < 1.29 is 23.4 Å². The molecule has 6 nitrogen and oxygen atoms in total. The number of oxazole rings is 1. The maximum absolute atomic E-state index is 11.4. The smallest absolute Gasteiger partial charge is 0.308 e. The molecule has 0 unspecified atom stereocenters. The zero-order valence-corrected chi connectivity index (χ0v) is 18.7. The van der Waals surface area contributed by atoms with Gasteiger partial charge >= 0.3 is 5.97 Å². The summed E-state index contributed by atoms with van der Waals surface area (Å²) in [4.78, 5) is 17.2. The highest BCUT2D eigenvalue weighted by molar-refractivity contribution is 9.09. The summed E-state index contributed by atoms with van der Waals surface area (Å²) in [5.74, 6) is 1.05. The van der Waals surface area contributed by atoms with Crippen LogP contribution in [-0.4, -0.2) is 37.1 Å². The van der Waals surface area contributed by atoms with Gasteiger partial charge in [-0.3, -0.25) is 4.79 Å². The third kappa shape index (κ3) is 4.67. The number of benzene rings is 1. The van der Waals surface area contributed by atoms with Crippen LogP contribution in [-0.2, 0) is 27.3 Å². The molecule has 0 amide bonds. The molecule has 2 aromatic heterocycles. The predicted octanol–water partition coefficient (Wildman–Crippen LogP) is 5.09. The van der Waals surface area contributed by atoms with Crippen molar-refractivity contribution in [2.45, 2.75) is 32.8 Å². The van der Waals surface area contributed by atoms with Crippen LogP contribution in [0.3, 0.4) is 0 Å². The average Bonchev–Trinajstić information content (AvgIpc) is 3.31. The van der Waals surface area contributed by atoms with E-state index in [1.165, 1.54) is 7.11 Å². The van der Waals surface area contributed by atoms with E-state index in [1.807, 2.05) is 13.0 Å². The number of hydrogen-bond acceptors (Lipinski definition) is 7. The van der Waals surface area contributed by atoms with Crippen LogP contribution >= 0.6 is 27.3 Å². The summed E-state index contributed by atoms with van der Waals surface area (Å²) in [6.45, 7) is 2.84. The largest absolute Gasteiger partial charge is 0.493 e. The Hall–Kier alpha value is -1.64. The number of thiophene rings is 1. The number of halogens is 1.